The summed E-state index contributed by atoms with van der Waals surface area (Å²) >= 11 is 0. The summed E-state index contributed by atoms with van der Waals surface area (Å²) in [5, 5.41) is 19.0. The van der Waals surface area contributed by atoms with E-state index < -0.39 is 66.2 Å². The van der Waals surface area contributed by atoms with Gasteiger partial charge in [0.15, 0.2) is 6.10 Å². The van der Waals surface area contributed by atoms with Crippen molar-refractivity contribution in [3.8, 4) is 0 Å². The van der Waals surface area contributed by atoms with E-state index in [1.54, 1.807) is 6.92 Å². The molecule has 0 aliphatic rings. The molecule has 0 fully saturated rings. The fourth-order valence-corrected chi connectivity index (χ4v) is 7.04. The van der Waals surface area contributed by atoms with Crippen LogP contribution < -0.4 is 0 Å². The van der Waals surface area contributed by atoms with Crippen molar-refractivity contribution < 1.29 is 66.7 Å². The van der Waals surface area contributed by atoms with E-state index in [2.05, 4.69) is 64.6 Å². The molecule has 0 bridgehead atoms. The molecule has 1 unspecified atom stereocenters. The number of unbranched alkanes of at least 4 members (excludes halogenated alkanes) is 15. The largest absolute Gasteiger partial charge is 0.472 e. The molecule has 0 saturated carbocycles. The minimum absolute atomic E-state index is 0.0411. The number of hydrogen-bond acceptors (Lipinski definition) is 11. The first-order valence-corrected chi connectivity index (χ1v) is 26.0. The van der Waals surface area contributed by atoms with Crippen LogP contribution in [-0.4, -0.2) is 81.6 Å². The number of hydrogen-bond donors (Lipinski definition) is 5. The number of carbonyl (C=O) groups is 2. The van der Waals surface area contributed by atoms with Gasteiger partial charge in [0.05, 0.1) is 25.9 Å². The Morgan fingerprint density at radius 1 is 0.516 bits per heavy atom. The monoisotopic (exact) mass is 921 g/mol. The molecule has 0 amide bonds. The molecular formula is C46H82O14P2. The van der Waals surface area contributed by atoms with Crippen molar-refractivity contribution in [2.75, 3.05) is 26.4 Å². The van der Waals surface area contributed by atoms with Gasteiger partial charge in [-0.1, -0.05) is 132 Å². The second-order valence-electron chi connectivity index (χ2n) is 15.6. The average molecular weight is 921 g/mol. The van der Waals surface area contributed by atoms with Crippen LogP contribution in [0.5, 0.6) is 0 Å². The van der Waals surface area contributed by atoms with E-state index in [4.69, 9.17) is 23.8 Å². The van der Waals surface area contributed by atoms with Crippen molar-refractivity contribution >= 4 is 27.6 Å². The van der Waals surface area contributed by atoms with Crippen molar-refractivity contribution in [3.05, 3.63) is 60.8 Å². The van der Waals surface area contributed by atoms with Crippen LogP contribution >= 0.6 is 15.6 Å². The first-order chi connectivity index (χ1) is 29.7. The maximum Gasteiger partial charge on any atom is 0.472 e. The summed E-state index contributed by atoms with van der Waals surface area (Å²) in [6.07, 6.45) is 42.0. The number of allylic oxidation sites excluding steroid dienone is 10. The fourth-order valence-electron chi connectivity index (χ4n) is 5.88. The smallest absolute Gasteiger partial charge is 0.462 e. The van der Waals surface area contributed by atoms with Gasteiger partial charge >= 0.3 is 27.6 Å². The molecule has 360 valence electrons. The Morgan fingerprint density at radius 3 is 1.50 bits per heavy atom. The molecule has 16 heteroatoms. The number of ether oxygens (including phenoxy) is 2. The molecule has 0 aromatic carbocycles. The normalized spacial score (nSPS) is 15.0. The zero-order valence-corrected chi connectivity index (χ0v) is 39.6. The third kappa shape index (κ3) is 45.8. The maximum atomic E-state index is 12.7. The molecule has 0 aliphatic heterocycles. The second kappa shape index (κ2) is 41.5. The van der Waals surface area contributed by atoms with Gasteiger partial charge in [-0.2, -0.15) is 0 Å². The van der Waals surface area contributed by atoms with E-state index in [1.807, 2.05) is 12.2 Å². The predicted molar refractivity (Wildman–Crippen MR) is 245 cm³/mol. The lowest BCUT2D eigenvalue weighted by atomic mass is 10.1. The molecule has 0 aromatic heterocycles. The van der Waals surface area contributed by atoms with E-state index in [9.17, 15) is 33.8 Å². The van der Waals surface area contributed by atoms with Crippen LogP contribution in [0.2, 0.25) is 0 Å². The molecule has 0 aromatic rings. The summed E-state index contributed by atoms with van der Waals surface area (Å²) in [6.45, 7) is 1.24. The molecule has 0 radical (unpaired) electrons. The van der Waals surface area contributed by atoms with Crippen LogP contribution in [0, 0.1) is 0 Å². The third-order valence-electron chi connectivity index (χ3n) is 9.39. The van der Waals surface area contributed by atoms with Gasteiger partial charge in [-0.15, -0.1) is 0 Å². The number of rotatable bonds is 43. The number of esters is 2. The zero-order valence-electron chi connectivity index (χ0n) is 37.8. The SMILES string of the molecule is CCCCCCCC/C=C\CCCCCCCCCC(=O)OC[C@H](COP(=O)(O)OC[C@@H](O)COP(=O)(O)O)OC(=O)CCC/C=C\C/C=C\C/C=C\C/C=C\CCC[C@H](C)O. The Morgan fingerprint density at radius 2 is 0.952 bits per heavy atom. The number of phosphoric ester groups is 2. The summed E-state index contributed by atoms with van der Waals surface area (Å²) in [5.41, 5.74) is 0. The highest BCUT2D eigenvalue weighted by Crippen LogP contribution is 2.43. The first-order valence-electron chi connectivity index (χ1n) is 23.0. The van der Waals surface area contributed by atoms with E-state index in [0.717, 1.165) is 70.6 Å². The first kappa shape index (κ1) is 59.8. The molecule has 0 aliphatic carbocycles. The molecule has 14 nitrogen and oxygen atoms in total. The van der Waals surface area contributed by atoms with Gasteiger partial charge in [-0.25, -0.2) is 9.13 Å². The van der Waals surface area contributed by atoms with Gasteiger partial charge in [0.1, 0.15) is 12.7 Å². The van der Waals surface area contributed by atoms with Gasteiger partial charge < -0.3 is 34.4 Å². The standard InChI is InChI=1S/C46H82O14P2/c1-3-4-5-6-7-8-9-10-11-12-15-18-21-24-27-30-33-36-45(49)56-40-44(41-59-62(54,55)58-39-43(48)38-57-61(51,52)53)60-46(50)37-34-31-28-25-22-19-16-13-14-17-20-23-26-29-32-35-42(2)47/h10-11,14,16-17,19,23,25-26,28,42-44,47-48H,3-9,12-13,15,18,20-22,24,27,29-41H2,1-2H3,(H,54,55)(H2,51,52,53)/b11-10-,17-14-,19-16-,26-23-,28-25-/t42-,43-,44+/m0/s1. The third-order valence-corrected chi connectivity index (χ3v) is 10.8. The summed E-state index contributed by atoms with van der Waals surface area (Å²) in [7, 11) is -9.71. The lowest BCUT2D eigenvalue weighted by Crippen LogP contribution is -2.29. The quantitative estimate of drug-likeness (QED) is 0.0166. The van der Waals surface area contributed by atoms with Gasteiger partial charge in [-0.05, 0) is 90.4 Å². The van der Waals surface area contributed by atoms with Crippen LogP contribution in [0.1, 0.15) is 174 Å². The van der Waals surface area contributed by atoms with Gasteiger partial charge in [0.25, 0.3) is 0 Å². The Kier molecular flexibility index (Phi) is 40.0. The lowest BCUT2D eigenvalue weighted by molar-refractivity contribution is -0.161. The van der Waals surface area contributed by atoms with Crippen molar-refractivity contribution in [1.82, 2.24) is 0 Å². The Bertz CT molecular complexity index is 1340. The van der Waals surface area contributed by atoms with Crippen LogP contribution in [0.15, 0.2) is 60.8 Å². The van der Waals surface area contributed by atoms with E-state index in [-0.39, 0.29) is 18.9 Å². The molecular weight excluding hydrogens is 838 g/mol. The molecule has 0 heterocycles. The topological polar surface area (TPSA) is 216 Å². The number of phosphoric acid groups is 2. The number of aliphatic hydroxyl groups is 2. The second-order valence-corrected chi connectivity index (χ2v) is 18.3. The van der Waals surface area contributed by atoms with Gasteiger partial charge in [0.2, 0.25) is 0 Å². The average Bonchev–Trinajstić information content (AvgIpc) is 3.22. The number of carbonyl (C=O) groups excluding carboxylic acids is 2. The van der Waals surface area contributed by atoms with Crippen molar-refractivity contribution in [2.24, 2.45) is 0 Å². The van der Waals surface area contributed by atoms with E-state index in [1.165, 1.54) is 57.8 Å². The van der Waals surface area contributed by atoms with Gasteiger partial charge in [-0.3, -0.25) is 23.2 Å². The molecule has 62 heavy (non-hydrogen) atoms. The Balaban J connectivity index is 4.59. The summed E-state index contributed by atoms with van der Waals surface area (Å²) < 4.78 is 47.7. The summed E-state index contributed by atoms with van der Waals surface area (Å²) in [5.74, 6) is -1.12. The van der Waals surface area contributed by atoms with Gasteiger partial charge in [0, 0.05) is 12.8 Å². The number of aliphatic hydroxyl groups excluding tert-OH is 2. The predicted octanol–water partition coefficient (Wildman–Crippen LogP) is 11.0. The molecule has 0 rings (SSSR count). The Labute approximate surface area is 373 Å². The van der Waals surface area contributed by atoms with Crippen molar-refractivity contribution in [1.29, 1.82) is 0 Å². The summed E-state index contributed by atoms with van der Waals surface area (Å²) in [4.78, 5) is 52.7. The summed E-state index contributed by atoms with van der Waals surface area (Å²) in [6, 6.07) is 0. The molecule has 0 saturated heterocycles. The maximum absolute atomic E-state index is 12.7. The highest BCUT2D eigenvalue weighted by molar-refractivity contribution is 7.47. The van der Waals surface area contributed by atoms with Crippen LogP contribution in [0.4, 0.5) is 0 Å². The molecule has 5 N–H and O–H groups in total. The van der Waals surface area contributed by atoms with E-state index >= 15 is 0 Å². The molecule has 4 atom stereocenters. The minimum atomic E-state index is -4.88. The highest BCUT2D eigenvalue weighted by Gasteiger charge is 2.28. The van der Waals surface area contributed by atoms with E-state index in [0.29, 0.717) is 19.3 Å². The zero-order chi connectivity index (χ0) is 46.0. The van der Waals surface area contributed by atoms with Crippen molar-refractivity contribution in [3.63, 3.8) is 0 Å². The van der Waals surface area contributed by atoms with Crippen LogP contribution in [0.25, 0.3) is 0 Å². The van der Waals surface area contributed by atoms with Crippen LogP contribution in [-0.2, 0) is 41.8 Å². The Hall–Kier alpha value is -2.22. The fraction of sp³-hybridized carbons (Fsp3) is 0.739. The van der Waals surface area contributed by atoms with Crippen LogP contribution in [0.3, 0.4) is 0 Å². The molecule has 0 spiro atoms. The highest BCUT2D eigenvalue weighted by atomic mass is 31.2. The minimum Gasteiger partial charge on any atom is -0.462 e. The lowest BCUT2D eigenvalue weighted by Gasteiger charge is -2.20. The van der Waals surface area contributed by atoms with Crippen molar-refractivity contribution in [2.45, 2.75) is 193 Å².